The molecule has 0 aromatic carbocycles. The van der Waals surface area contributed by atoms with Gasteiger partial charge in [0.15, 0.2) is 0 Å². The van der Waals surface area contributed by atoms with E-state index in [1.807, 2.05) is 6.92 Å². The van der Waals surface area contributed by atoms with Gasteiger partial charge in [0.1, 0.15) is 0 Å². The number of carbonyl (C=O) groups excluding carboxylic acids is 1. The van der Waals surface area contributed by atoms with E-state index in [1.165, 1.54) is 13.2 Å². The van der Waals surface area contributed by atoms with Gasteiger partial charge in [-0.3, -0.25) is 0 Å². The summed E-state index contributed by atoms with van der Waals surface area (Å²) in [7, 11) is 1.33. The first kappa shape index (κ1) is 11.2. The zero-order valence-electron chi connectivity index (χ0n) is 7.83. The highest BCUT2D eigenvalue weighted by Gasteiger charge is 2.05. The van der Waals surface area contributed by atoms with Crippen LogP contribution in [-0.4, -0.2) is 24.3 Å². The molecule has 3 nitrogen and oxygen atoms in total. The van der Waals surface area contributed by atoms with Crippen molar-refractivity contribution in [3.8, 4) is 0 Å². The minimum atomic E-state index is -0.533. The summed E-state index contributed by atoms with van der Waals surface area (Å²) in [6.07, 6.45) is 2.56. The Morgan fingerprint density at radius 1 is 1.67 bits per heavy atom. The summed E-state index contributed by atoms with van der Waals surface area (Å²) in [6, 6.07) is 0. The molecule has 0 aliphatic carbocycles. The minimum Gasteiger partial charge on any atom is -0.466 e. The Morgan fingerprint density at radius 3 is 2.67 bits per heavy atom. The van der Waals surface area contributed by atoms with Crippen LogP contribution in [-0.2, 0) is 9.53 Å². The lowest BCUT2D eigenvalue weighted by atomic mass is 10.1. The molecule has 0 radical (unpaired) electrons. The minimum absolute atomic E-state index is 0.384. The molecule has 0 fully saturated rings. The lowest BCUT2D eigenvalue weighted by Crippen LogP contribution is -2.07. The average Bonchev–Trinajstić information content (AvgIpc) is 2.03. The molecule has 0 aliphatic heterocycles. The van der Waals surface area contributed by atoms with Crippen molar-refractivity contribution in [2.45, 2.75) is 32.8 Å². The second-order valence-electron chi connectivity index (χ2n) is 2.70. The number of hydrogen-bond donors (Lipinski definition) is 1. The molecular formula is C9H16O3. The van der Waals surface area contributed by atoms with Gasteiger partial charge < -0.3 is 9.84 Å². The van der Waals surface area contributed by atoms with Gasteiger partial charge in [0, 0.05) is 5.57 Å². The molecule has 1 atom stereocenters. The predicted molar refractivity (Wildman–Crippen MR) is 46.7 cm³/mol. The van der Waals surface area contributed by atoms with Gasteiger partial charge in [-0.25, -0.2) is 4.79 Å². The van der Waals surface area contributed by atoms with Crippen molar-refractivity contribution in [3.05, 3.63) is 11.6 Å². The third kappa shape index (κ3) is 4.13. The molecular weight excluding hydrogens is 156 g/mol. The summed E-state index contributed by atoms with van der Waals surface area (Å²) >= 11 is 0. The van der Waals surface area contributed by atoms with Crippen molar-refractivity contribution in [1.82, 2.24) is 0 Å². The first-order chi connectivity index (χ1) is 5.61. The second kappa shape index (κ2) is 5.77. The molecule has 1 N–H and O–H groups in total. The molecule has 12 heavy (non-hydrogen) atoms. The second-order valence-corrected chi connectivity index (χ2v) is 2.70. The van der Waals surface area contributed by atoms with E-state index in [2.05, 4.69) is 4.74 Å². The molecule has 0 aromatic rings. The van der Waals surface area contributed by atoms with Crippen molar-refractivity contribution < 1.29 is 14.6 Å². The van der Waals surface area contributed by atoms with Crippen molar-refractivity contribution in [2.24, 2.45) is 0 Å². The molecule has 0 heterocycles. The van der Waals surface area contributed by atoms with Crippen LogP contribution >= 0.6 is 0 Å². The molecule has 0 rings (SSSR count). The van der Waals surface area contributed by atoms with Crippen molar-refractivity contribution in [1.29, 1.82) is 0 Å². The van der Waals surface area contributed by atoms with Gasteiger partial charge in [0.25, 0.3) is 0 Å². The average molecular weight is 172 g/mol. The van der Waals surface area contributed by atoms with Crippen LogP contribution in [0.4, 0.5) is 0 Å². The Labute approximate surface area is 73.0 Å². The van der Waals surface area contributed by atoms with Crippen LogP contribution in [0.15, 0.2) is 11.6 Å². The molecule has 1 unspecified atom stereocenters. The fourth-order valence-corrected chi connectivity index (χ4v) is 0.897. The molecule has 0 aromatic heterocycles. The highest BCUT2D eigenvalue weighted by Crippen LogP contribution is 2.03. The number of aliphatic hydroxyl groups is 1. The van der Waals surface area contributed by atoms with E-state index in [-0.39, 0.29) is 5.97 Å². The quantitative estimate of drug-likeness (QED) is 0.513. The monoisotopic (exact) mass is 172 g/mol. The molecule has 0 saturated carbocycles. The summed E-state index contributed by atoms with van der Waals surface area (Å²) in [6.45, 7) is 3.61. The zero-order valence-corrected chi connectivity index (χ0v) is 7.83. The summed E-state index contributed by atoms with van der Waals surface area (Å²) in [5.41, 5.74) is 0.457. The standard InChI is InChI=1S/C9H16O3/c1-4-5-8(10)6-7(2)9(11)12-3/h6,8,10H,4-5H2,1-3H3/b7-6+. The fraction of sp³-hybridized carbons (Fsp3) is 0.667. The molecule has 0 amide bonds. The number of methoxy groups -OCH3 is 1. The number of rotatable bonds is 4. The summed E-state index contributed by atoms with van der Waals surface area (Å²) in [4.78, 5) is 10.8. The van der Waals surface area contributed by atoms with Crippen LogP contribution in [0.3, 0.4) is 0 Å². The molecule has 0 spiro atoms. The highest BCUT2D eigenvalue weighted by atomic mass is 16.5. The van der Waals surface area contributed by atoms with Gasteiger partial charge in [0.2, 0.25) is 0 Å². The van der Waals surface area contributed by atoms with E-state index in [0.717, 1.165) is 6.42 Å². The Bertz CT molecular complexity index is 173. The number of carbonyl (C=O) groups is 1. The Morgan fingerprint density at radius 2 is 2.25 bits per heavy atom. The van der Waals surface area contributed by atoms with Crippen LogP contribution in [0, 0.1) is 0 Å². The lowest BCUT2D eigenvalue weighted by molar-refractivity contribution is -0.136. The van der Waals surface area contributed by atoms with Crippen LogP contribution in [0.2, 0.25) is 0 Å². The number of esters is 1. The number of ether oxygens (including phenoxy) is 1. The Balaban J connectivity index is 4.05. The third-order valence-corrected chi connectivity index (χ3v) is 1.53. The first-order valence-electron chi connectivity index (χ1n) is 4.06. The first-order valence-corrected chi connectivity index (χ1v) is 4.06. The van der Waals surface area contributed by atoms with Crippen LogP contribution in [0.25, 0.3) is 0 Å². The van der Waals surface area contributed by atoms with Gasteiger partial charge in [-0.15, -0.1) is 0 Å². The van der Waals surface area contributed by atoms with E-state index in [9.17, 15) is 9.90 Å². The lowest BCUT2D eigenvalue weighted by Gasteiger charge is -2.04. The maximum absolute atomic E-state index is 10.8. The van der Waals surface area contributed by atoms with Crippen molar-refractivity contribution >= 4 is 5.97 Å². The van der Waals surface area contributed by atoms with E-state index in [0.29, 0.717) is 12.0 Å². The number of hydrogen-bond acceptors (Lipinski definition) is 3. The van der Waals surface area contributed by atoms with Crippen LogP contribution in [0.1, 0.15) is 26.7 Å². The largest absolute Gasteiger partial charge is 0.466 e. The Hall–Kier alpha value is -0.830. The molecule has 70 valence electrons. The van der Waals surface area contributed by atoms with Gasteiger partial charge >= 0.3 is 5.97 Å². The smallest absolute Gasteiger partial charge is 0.333 e. The summed E-state index contributed by atoms with van der Waals surface area (Å²) in [5.74, 6) is -0.384. The van der Waals surface area contributed by atoms with Crippen LogP contribution < -0.4 is 0 Å². The maximum atomic E-state index is 10.8. The summed E-state index contributed by atoms with van der Waals surface area (Å²) < 4.78 is 4.47. The van der Waals surface area contributed by atoms with E-state index in [4.69, 9.17) is 0 Å². The maximum Gasteiger partial charge on any atom is 0.333 e. The predicted octanol–water partition coefficient (Wildman–Crippen LogP) is 1.27. The molecule has 0 saturated heterocycles. The SMILES string of the molecule is CCCC(O)/C=C(\C)C(=O)OC. The molecule has 0 aliphatic rings. The van der Waals surface area contributed by atoms with Gasteiger partial charge in [-0.2, -0.15) is 0 Å². The highest BCUT2D eigenvalue weighted by molar-refractivity contribution is 5.87. The van der Waals surface area contributed by atoms with Gasteiger partial charge in [-0.1, -0.05) is 13.3 Å². The Kier molecular flexibility index (Phi) is 5.37. The van der Waals surface area contributed by atoms with E-state index >= 15 is 0 Å². The molecule has 3 heteroatoms. The van der Waals surface area contributed by atoms with Crippen molar-refractivity contribution in [3.63, 3.8) is 0 Å². The topological polar surface area (TPSA) is 46.5 Å². The molecule has 0 bridgehead atoms. The van der Waals surface area contributed by atoms with E-state index < -0.39 is 6.10 Å². The number of aliphatic hydroxyl groups excluding tert-OH is 1. The zero-order chi connectivity index (χ0) is 9.56. The van der Waals surface area contributed by atoms with Crippen molar-refractivity contribution in [2.75, 3.05) is 7.11 Å². The normalized spacial score (nSPS) is 14.2. The van der Waals surface area contributed by atoms with E-state index in [1.54, 1.807) is 6.92 Å². The van der Waals surface area contributed by atoms with Gasteiger partial charge in [-0.05, 0) is 19.4 Å². The fourth-order valence-electron chi connectivity index (χ4n) is 0.897. The van der Waals surface area contributed by atoms with Gasteiger partial charge in [0.05, 0.1) is 13.2 Å². The summed E-state index contributed by atoms with van der Waals surface area (Å²) in [5, 5.41) is 9.28. The third-order valence-electron chi connectivity index (χ3n) is 1.53. The van der Waals surface area contributed by atoms with Crippen LogP contribution in [0.5, 0.6) is 0 Å².